The first-order valence-corrected chi connectivity index (χ1v) is 14.2. The Kier molecular flexibility index (Phi) is 6.76. The van der Waals surface area contributed by atoms with Gasteiger partial charge in [0.25, 0.3) is 0 Å². The number of anilines is 1. The number of ketones is 2. The van der Waals surface area contributed by atoms with Crippen molar-refractivity contribution in [3.8, 4) is 0 Å². The molecule has 2 N–H and O–H groups in total. The lowest BCUT2D eigenvalue weighted by Crippen LogP contribution is -2.71. The number of halogens is 2. The van der Waals surface area contributed by atoms with Crippen LogP contribution in [0.3, 0.4) is 0 Å². The Morgan fingerprint density at radius 2 is 1.82 bits per heavy atom. The lowest BCUT2D eigenvalue weighted by atomic mass is 9.44. The largest absolute Gasteiger partial charge is 0.390 e. The fourth-order valence-corrected chi connectivity index (χ4v) is 8.44. The summed E-state index contributed by atoms with van der Waals surface area (Å²) in [5, 5.41) is 23.2. The van der Waals surface area contributed by atoms with Gasteiger partial charge < -0.3 is 10.2 Å². The third kappa shape index (κ3) is 3.82. The van der Waals surface area contributed by atoms with Gasteiger partial charge in [-0.15, -0.1) is 0 Å². The van der Waals surface area contributed by atoms with Crippen LogP contribution in [0.1, 0.15) is 65.9 Å². The second-order valence-electron chi connectivity index (χ2n) is 13.7. The Morgan fingerprint density at radius 1 is 1.18 bits per heavy atom. The van der Waals surface area contributed by atoms with E-state index in [9.17, 15) is 19.8 Å². The Morgan fingerprint density at radius 3 is 2.42 bits per heavy atom. The fourth-order valence-electron chi connectivity index (χ4n) is 8.44. The van der Waals surface area contributed by atoms with Gasteiger partial charge in [-0.2, -0.15) is 0 Å². The minimum absolute atomic E-state index is 0.0456. The number of benzene rings is 1. The maximum atomic E-state index is 17.4. The van der Waals surface area contributed by atoms with Gasteiger partial charge in [-0.05, 0) is 79.4 Å². The van der Waals surface area contributed by atoms with Crippen molar-refractivity contribution in [2.75, 3.05) is 18.7 Å². The summed E-state index contributed by atoms with van der Waals surface area (Å²) in [4.78, 5) is 32.1. The van der Waals surface area contributed by atoms with E-state index in [4.69, 9.17) is 4.84 Å². The summed E-state index contributed by atoms with van der Waals surface area (Å²) in [7, 11) is 1.69. The summed E-state index contributed by atoms with van der Waals surface area (Å²) in [6.07, 6.45) is 0.949. The van der Waals surface area contributed by atoms with Crippen molar-refractivity contribution in [3.05, 3.63) is 53.6 Å². The van der Waals surface area contributed by atoms with Crippen LogP contribution in [0.4, 0.5) is 14.5 Å². The van der Waals surface area contributed by atoms with Crippen LogP contribution in [0.5, 0.6) is 0 Å². The number of alkyl halides is 2. The van der Waals surface area contributed by atoms with Gasteiger partial charge in [0.05, 0.1) is 11.8 Å². The van der Waals surface area contributed by atoms with Crippen LogP contribution in [0.15, 0.2) is 48.1 Å². The monoisotopic (exact) mass is 557 g/mol. The second-order valence-corrected chi connectivity index (χ2v) is 13.7. The minimum Gasteiger partial charge on any atom is -0.390 e. The van der Waals surface area contributed by atoms with Gasteiger partial charge in [-0.25, -0.2) is 8.78 Å². The van der Waals surface area contributed by atoms with E-state index in [0.29, 0.717) is 12.1 Å². The van der Waals surface area contributed by atoms with Crippen LogP contribution in [0.25, 0.3) is 0 Å². The zero-order valence-corrected chi connectivity index (χ0v) is 24.2. The van der Waals surface area contributed by atoms with E-state index < -0.39 is 64.4 Å². The number of hydrogen-bond donors (Lipinski definition) is 2. The van der Waals surface area contributed by atoms with Gasteiger partial charge >= 0.3 is 0 Å². The van der Waals surface area contributed by atoms with Gasteiger partial charge in [-0.1, -0.05) is 45.9 Å². The van der Waals surface area contributed by atoms with E-state index in [1.807, 2.05) is 24.3 Å². The minimum atomic E-state index is -2.24. The number of nitrogens with zero attached hydrogens (tertiary/aromatic N) is 1. The molecule has 6 nitrogen and oxygen atoms in total. The molecule has 1 unspecified atom stereocenters. The quantitative estimate of drug-likeness (QED) is 0.497. The third-order valence-electron chi connectivity index (χ3n) is 10.7. The summed E-state index contributed by atoms with van der Waals surface area (Å²) in [6.45, 7) is 8.93. The number of fused-ring (bicyclic) bond motifs is 5. The highest BCUT2D eigenvalue weighted by Crippen LogP contribution is 2.70. The number of Topliss-reactive ketones (excluding diaryl/α,β-unsaturated/α-hetero) is 1. The third-order valence-corrected chi connectivity index (χ3v) is 10.7. The zero-order chi connectivity index (χ0) is 29.5. The van der Waals surface area contributed by atoms with Crippen molar-refractivity contribution in [2.24, 2.45) is 22.7 Å². The number of allylic oxidation sites excluding steroid dienone is 4. The predicted octanol–water partition coefficient (Wildman–Crippen LogP) is 4.97. The molecule has 0 amide bonds. The van der Waals surface area contributed by atoms with Crippen molar-refractivity contribution >= 4 is 17.3 Å². The molecule has 218 valence electrons. The number of hydroxylamine groups is 1. The van der Waals surface area contributed by atoms with Gasteiger partial charge in [0.2, 0.25) is 0 Å². The number of carbonyl (C=O) groups excluding carboxylic acids is 2. The zero-order valence-electron chi connectivity index (χ0n) is 24.2. The maximum absolute atomic E-state index is 17.4. The van der Waals surface area contributed by atoms with Gasteiger partial charge in [-0.3, -0.25) is 19.5 Å². The Bertz CT molecular complexity index is 1270. The van der Waals surface area contributed by atoms with E-state index in [1.54, 1.807) is 20.9 Å². The molecule has 0 heterocycles. The van der Waals surface area contributed by atoms with Gasteiger partial charge in [0.15, 0.2) is 22.8 Å². The van der Waals surface area contributed by atoms with Crippen molar-refractivity contribution in [3.63, 3.8) is 0 Å². The average Bonchev–Trinajstić information content (AvgIpc) is 3.18. The van der Waals surface area contributed by atoms with Crippen LogP contribution in [0, 0.1) is 22.7 Å². The Balaban J connectivity index is 1.54. The smallest absolute Gasteiger partial charge is 0.193 e. The van der Waals surface area contributed by atoms with Crippen molar-refractivity contribution < 1.29 is 33.4 Å². The van der Waals surface area contributed by atoms with E-state index in [-0.39, 0.29) is 30.3 Å². The first kappa shape index (κ1) is 29.1. The maximum Gasteiger partial charge on any atom is 0.193 e. The molecule has 4 aliphatic rings. The van der Waals surface area contributed by atoms with Crippen molar-refractivity contribution in [1.82, 2.24) is 0 Å². The van der Waals surface area contributed by atoms with Gasteiger partial charge in [0, 0.05) is 23.8 Å². The average molecular weight is 558 g/mol. The first-order valence-electron chi connectivity index (χ1n) is 14.2. The summed E-state index contributed by atoms with van der Waals surface area (Å²) in [6, 6.07) is 7.78. The van der Waals surface area contributed by atoms with Crippen LogP contribution in [0.2, 0.25) is 0 Å². The summed E-state index contributed by atoms with van der Waals surface area (Å²) >= 11 is 0. The molecule has 3 fully saturated rings. The predicted molar refractivity (Wildman–Crippen MR) is 148 cm³/mol. The highest BCUT2D eigenvalue weighted by Gasteiger charge is 2.76. The number of hydrogen-bond acceptors (Lipinski definition) is 6. The van der Waals surface area contributed by atoms with E-state index >= 15 is 8.78 Å². The van der Waals surface area contributed by atoms with Crippen molar-refractivity contribution in [1.29, 1.82) is 0 Å². The highest BCUT2D eigenvalue weighted by atomic mass is 19.1. The molecule has 0 radical (unpaired) electrons. The Labute approximate surface area is 235 Å². The molecular formula is C32H41F2NO5. The number of carbonyl (C=O) groups is 2. The molecule has 0 saturated heterocycles. The van der Waals surface area contributed by atoms with Crippen LogP contribution in [-0.4, -0.2) is 59.0 Å². The molecule has 8 heteroatoms. The first-order chi connectivity index (χ1) is 18.5. The Hall–Kier alpha value is -2.42. The molecular weight excluding hydrogens is 516 g/mol. The highest BCUT2D eigenvalue weighted by molar-refractivity contribution is 6.01. The topological polar surface area (TPSA) is 87.1 Å². The number of rotatable bonds is 5. The van der Waals surface area contributed by atoms with Gasteiger partial charge in [0.1, 0.15) is 12.8 Å². The molecule has 1 aromatic rings. The van der Waals surface area contributed by atoms with Crippen LogP contribution < -0.4 is 5.06 Å². The lowest BCUT2D eigenvalue weighted by molar-refractivity contribution is -0.231. The number of aliphatic hydroxyl groups excluding tert-OH is 2. The second kappa shape index (κ2) is 9.30. The number of aliphatic hydroxyl groups is 2. The molecule has 0 aliphatic heterocycles. The molecule has 3 saturated carbocycles. The SMILES string of the molecule is CN(O[C@]1(C(=O)CO)CCC2[C@@H]3C[C@H](F)C4=CC(=O)C=C[C@]4(C)[C@@]3(F)[C@@H](O)C[C@@]21C)c1ccc(C(C)(C)C)cc1. The summed E-state index contributed by atoms with van der Waals surface area (Å²) < 4.78 is 33.1. The van der Waals surface area contributed by atoms with E-state index in [0.717, 1.165) is 5.56 Å². The van der Waals surface area contributed by atoms with E-state index in [2.05, 4.69) is 20.8 Å². The molecule has 0 bridgehead atoms. The molecule has 8 atom stereocenters. The van der Waals surface area contributed by atoms with Crippen LogP contribution in [-0.2, 0) is 19.8 Å². The summed E-state index contributed by atoms with van der Waals surface area (Å²) in [5.41, 5.74) is -4.53. The lowest BCUT2D eigenvalue weighted by Gasteiger charge is -2.63. The molecule has 40 heavy (non-hydrogen) atoms. The standard InChI is InChI=1S/C32H41F2NO5/c1-28(2,3)19-7-9-20(10-8-19)35(6)40-31(27(39)18-36)14-12-22-23-16-25(33)24-15-21(37)11-13-29(24,4)32(23,34)26(38)17-30(22,31)5/h7-11,13,15,22-23,25-26,36,38H,12,14,16-18H2,1-6H3/t22?,23-,25-,26-,29-,30-,31-,32-/m0/s1. The molecule has 0 spiro atoms. The van der Waals surface area contributed by atoms with Crippen molar-refractivity contribution in [2.45, 2.75) is 89.3 Å². The molecule has 1 aromatic carbocycles. The molecule has 5 rings (SSSR count). The molecule has 0 aromatic heterocycles. The normalized spacial score (nSPS) is 40.6. The molecule has 4 aliphatic carbocycles. The van der Waals surface area contributed by atoms with Crippen LogP contribution >= 0.6 is 0 Å². The summed E-state index contributed by atoms with van der Waals surface area (Å²) in [5.74, 6) is -2.37. The fraction of sp³-hybridized carbons (Fsp3) is 0.625. The van der Waals surface area contributed by atoms with E-state index in [1.165, 1.54) is 23.3 Å².